The lowest BCUT2D eigenvalue weighted by Gasteiger charge is -2.27. The van der Waals surface area contributed by atoms with Crippen molar-refractivity contribution < 1.29 is 19.1 Å². The second-order valence-corrected chi connectivity index (χ2v) is 5.76. The Morgan fingerprint density at radius 2 is 2.25 bits per heavy atom. The zero-order valence-corrected chi connectivity index (χ0v) is 11.9. The van der Waals surface area contributed by atoms with Gasteiger partial charge in [-0.25, -0.2) is 9.18 Å². The number of halogens is 1. The number of amides is 1. The van der Waals surface area contributed by atoms with E-state index in [1.54, 1.807) is 12.1 Å². The van der Waals surface area contributed by atoms with Crippen molar-refractivity contribution in [3.05, 3.63) is 35.6 Å². The first kappa shape index (κ1) is 14.8. The molecule has 0 aliphatic carbocycles. The van der Waals surface area contributed by atoms with Crippen molar-refractivity contribution >= 4 is 23.6 Å². The summed E-state index contributed by atoms with van der Waals surface area (Å²) < 4.78 is 13.3. The van der Waals surface area contributed by atoms with E-state index >= 15 is 0 Å². The molecule has 1 amide bonds. The topological polar surface area (TPSA) is 57.6 Å². The van der Waals surface area contributed by atoms with Crippen LogP contribution in [0.15, 0.2) is 24.3 Å². The van der Waals surface area contributed by atoms with Crippen molar-refractivity contribution in [3.8, 4) is 0 Å². The molecule has 0 bridgehead atoms. The molecule has 4 nitrogen and oxygen atoms in total. The molecule has 0 aromatic heterocycles. The fourth-order valence-electron chi connectivity index (χ4n) is 2.26. The quantitative estimate of drug-likeness (QED) is 0.928. The first-order valence-electron chi connectivity index (χ1n) is 6.45. The van der Waals surface area contributed by atoms with Gasteiger partial charge in [-0.05, 0) is 24.1 Å². The summed E-state index contributed by atoms with van der Waals surface area (Å²) in [5.74, 6) is -1.27. The molecule has 2 rings (SSSR count). The Morgan fingerprint density at radius 3 is 2.85 bits per heavy atom. The van der Waals surface area contributed by atoms with Crippen LogP contribution in [0.5, 0.6) is 0 Å². The third-order valence-electron chi connectivity index (χ3n) is 3.17. The minimum Gasteiger partial charge on any atom is -0.480 e. The summed E-state index contributed by atoms with van der Waals surface area (Å²) in [7, 11) is 0. The summed E-state index contributed by atoms with van der Waals surface area (Å²) in [6.45, 7) is 1.87. The molecule has 1 saturated heterocycles. The summed E-state index contributed by atoms with van der Waals surface area (Å²) in [5, 5.41) is 8.81. The van der Waals surface area contributed by atoms with Crippen molar-refractivity contribution in [2.75, 3.05) is 5.75 Å². The normalized spacial score (nSPS) is 22.0. The lowest BCUT2D eigenvalue weighted by molar-refractivity contribution is -0.149. The van der Waals surface area contributed by atoms with Gasteiger partial charge in [-0.3, -0.25) is 4.79 Å². The molecule has 1 aliphatic heterocycles. The van der Waals surface area contributed by atoms with Crippen LogP contribution < -0.4 is 0 Å². The third kappa shape index (κ3) is 2.95. The van der Waals surface area contributed by atoms with Gasteiger partial charge in [-0.2, -0.15) is 0 Å². The van der Waals surface area contributed by atoms with Gasteiger partial charge in [0.2, 0.25) is 5.91 Å². The summed E-state index contributed by atoms with van der Waals surface area (Å²) in [6, 6.07) is 5.13. The van der Waals surface area contributed by atoms with Gasteiger partial charge in [-0.1, -0.05) is 19.1 Å². The molecule has 1 fully saturated rings. The number of aliphatic carboxylic acids is 1. The summed E-state index contributed by atoms with van der Waals surface area (Å²) in [5.41, 5.74) is 0.628. The van der Waals surface area contributed by atoms with E-state index in [1.807, 2.05) is 6.92 Å². The molecule has 0 spiro atoms. The number of carboxylic acid groups (broad SMARTS) is 1. The third-order valence-corrected chi connectivity index (χ3v) is 4.49. The largest absolute Gasteiger partial charge is 0.480 e. The van der Waals surface area contributed by atoms with E-state index in [0.717, 1.165) is 0 Å². The van der Waals surface area contributed by atoms with E-state index in [-0.39, 0.29) is 11.7 Å². The van der Waals surface area contributed by atoms with Crippen LogP contribution in [-0.4, -0.2) is 33.7 Å². The predicted molar refractivity (Wildman–Crippen MR) is 74.8 cm³/mol. The number of carboxylic acids is 1. The van der Waals surface area contributed by atoms with Crippen LogP contribution in [0.2, 0.25) is 0 Å². The Balaban J connectivity index is 2.31. The second kappa shape index (κ2) is 6.26. The first-order valence-corrected chi connectivity index (χ1v) is 7.50. The van der Waals surface area contributed by atoms with Crippen LogP contribution >= 0.6 is 11.8 Å². The number of nitrogens with zero attached hydrogens (tertiary/aromatic N) is 1. The molecule has 1 N–H and O–H groups in total. The van der Waals surface area contributed by atoms with Crippen molar-refractivity contribution in [2.24, 2.45) is 0 Å². The highest BCUT2D eigenvalue weighted by Gasteiger charge is 2.41. The first-order chi connectivity index (χ1) is 9.54. The van der Waals surface area contributed by atoms with E-state index in [1.165, 1.54) is 28.8 Å². The minimum absolute atomic E-state index is 0.195. The number of carbonyl (C=O) groups is 2. The highest BCUT2D eigenvalue weighted by atomic mass is 32.2. The summed E-state index contributed by atoms with van der Waals surface area (Å²) in [4.78, 5) is 24.8. The van der Waals surface area contributed by atoms with E-state index in [4.69, 9.17) is 0 Å². The lowest BCUT2D eigenvalue weighted by Crippen LogP contribution is -2.42. The fourth-order valence-corrected chi connectivity index (χ4v) is 3.69. The molecule has 0 unspecified atom stereocenters. The second-order valence-electron chi connectivity index (χ2n) is 4.65. The Morgan fingerprint density at radius 1 is 1.50 bits per heavy atom. The monoisotopic (exact) mass is 297 g/mol. The molecule has 1 heterocycles. The Bertz CT molecular complexity index is 523. The van der Waals surface area contributed by atoms with Crippen molar-refractivity contribution in [1.82, 2.24) is 4.90 Å². The van der Waals surface area contributed by atoms with Gasteiger partial charge < -0.3 is 10.0 Å². The Hall–Kier alpha value is -1.56. The molecule has 20 heavy (non-hydrogen) atoms. The average Bonchev–Trinajstić information content (AvgIpc) is 2.83. The average molecular weight is 297 g/mol. The van der Waals surface area contributed by atoms with Crippen LogP contribution in [0.3, 0.4) is 0 Å². The van der Waals surface area contributed by atoms with Crippen molar-refractivity contribution in [1.29, 1.82) is 0 Å². The lowest BCUT2D eigenvalue weighted by atomic mass is 10.1. The maximum absolute atomic E-state index is 13.3. The fraction of sp³-hybridized carbons (Fsp3) is 0.429. The van der Waals surface area contributed by atoms with E-state index in [0.29, 0.717) is 24.2 Å². The van der Waals surface area contributed by atoms with Gasteiger partial charge >= 0.3 is 5.97 Å². The Labute approximate surface area is 121 Å². The zero-order chi connectivity index (χ0) is 14.7. The van der Waals surface area contributed by atoms with Gasteiger partial charge in [0.15, 0.2) is 0 Å². The predicted octanol–water partition coefficient (Wildman–Crippen LogP) is 2.65. The van der Waals surface area contributed by atoms with Crippen molar-refractivity contribution in [2.45, 2.75) is 31.2 Å². The molecule has 1 aromatic carbocycles. The number of thioether (sulfide) groups is 1. The van der Waals surface area contributed by atoms with Gasteiger partial charge in [-0.15, -0.1) is 11.8 Å². The zero-order valence-electron chi connectivity index (χ0n) is 11.1. The number of hydrogen-bond acceptors (Lipinski definition) is 3. The number of benzene rings is 1. The summed E-state index contributed by atoms with van der Waals surface area (Å²) in [6.07, 6.45) is 0.957. The molecule has 1 aromatic rings. The van der Waals surface area contributed by atoms with Crippen LogP contribution in [0.4, 0.5) is 4.39 Å². The summed E-state index contributed by atoms with van der Waals surface area (Å²) >= 11 is 1.36. The van der Waals surface area contributed by atoms with Gasteiger partial charge in [0.05, 0.1) is 0 Å². The molecular weight excluding hydrogens is 281 g/mol. The molecule has 1 aliphatic rings. The molecule has 6 heteroatoms. The number of carbonyl (C=O) groups excluding carboxylic acids is 1. The van der Waals surface area contributed by atoms with Crippen LogP contribution in [0.25, 0.3) is 0 Å². The maximum atomic E-state index is 13.3. The number of hydrogen-bond donors (Lipinski definition) is 1. The van der Waals surface area contributed by atoms with Crippen LogP contribution in [0.1, 0.15) is 30.7 Å². The molecular formula is C14H16FNO3S. The highest BCUT2D eigenvalue weighted by molar-refractivity contribution is 7.99. The van der Waals surface area contributed by atoms with Crippen molar-refractivity contribution in [3.63, 3.8) is 0 Å². The smallest absolute Gasteiger partial charge is 0.327 e. The molecule has 0 saturated carbocycles. The van der Waals surface area contributed by atoms with Gasteiger partial charge in [0.1, 0.15) is 17.2 Å². The maximum Gasteiger partial charge on any atom is 0.327 e. The van der Waals surface area contributed by atoms with Gasteiger partial charge in [0.25, 0.3) is 0 Å². The minimum atomic E-state index is -1.01. The molecule has 0 radical (unpaired) electrons. The van der Waals surface area contributed by atoms with E-state index in [2.05, 4.69) is 0 Å². The molecule has 108 valence electrons. The van der Waals surface area contributed by atoms with Gasteiger partial charge in [0, 0.05) is 12.2 Å². The molecule has 2 atom stereocenters. The standard InChI is InChI=1S/C14H16FNO3S/c1-2-4-12(17)16-11(14(18)19)8-20-13(16)9-5-3-6-10(15)7-9/h3,5-7,11,13H,2,4,8H2,1H3,(H,18,19)/t11-,13+/m1/s1. The van der Waals surface area contributed by atoms with Crippen LogP contribution in [-0.2, 0) is 9.59 Å². The van der Waals surface area contributed by atoms with E-state index < -0.39 is 17.4 Å². The van der Waals surface area contributed by atoms with E-state index in [9.17, 15) is 19.1 Å². The highest BCUT2D eigenvalue weighted by Crippen LogP contribution is 2.41. The Kier molecular flexibility index (Phi) is 4.65. The SMILES string of the molecule is CCCC(=O)N1[C@@H](C(=O)O)CS[C@H]1c1cccc(F)c1. The van der Waals surface area contributed by atoms with Crippen LogP contribution in [0, 0.1) is 5.82 Å². The number of rotatable bonds is 4.